The van der Waals surface area contributed by atoms with Crippen LogP contribution in [-0.2, 0) is 13.1 Å². The second-order valence-electron chi connectivity index (χ2n) is 4.88. The molecule has 0 aromatic carbocycles. The summed E-state index contributed by atoms with van der Waals surface area (Å²) >= 11 is 1.69. The van der Waals surface area contributed by atoms with Crippen molar-refractivity contribution in [3.63, 3.8) is 0 Å². The summed E-state index contributed by atoms with van der Waals surface area (Å²) in [6, 6.07) is 7.96. The molecule has 0 amide bonds. The fourth-order valence-electron chi connectivity index (χ4n) is 2.09. The van der Waals surface area contributed by atoms with Crippen molar-refractivity contribution >= 4 is 17.3 Å². The van der Waals surface area contributed by atoms with E-state index in [4.69, 9.17) is 0 Å². The molecule has 0 unspecified atom stereocenters. The Morgan fingerprint density at radius 3 is 2.78 bits per heavy atom. The lowest BCUT2D eigenvalue weighted by Crippen LogP contribution is -2.36. The first-order valence-electron chi connectivity index (χ1n) is 7.25. The number of nitrogens with one attached hydrogen (secondary N) is 2. The summed E-state index contributed by atoms with van der Waals surface area (Å²) in [5, 5.41) is 15.0. The van der Waals surface area contributed by atoms with E-state index >= 15 is 0 Å². The molecule has 0 atom stereocenters. The number of aromatic nitrogens is 3. The number of hydrogen-bond donors (Lipinski definition) is 2. The predicted molar refractivity (Wildman–Crippen MR) is 92.7 cm³/mol. The minimum atomic E-state index is 0.667. The van der Waals surface area contributed by atoms with Gasteiger partial charge in [-0.3, -0.25) is 4.99 Å². The van der Waals surface area contributed by atoms with Gasteiger partial charge in [-0.15, -0.1) is 0 Å². The SMILES string of the molecule is CN=C(NCc1ccsc1)NCc1ccnc(-n2cccn2)c1. The molecule has 118 valence electrons. The van der Waals surface area contributed by atoms with Gasteiger partial charge in [0.25, 0.3) is 0 Å². The molecule has 3 rings (SSSR count). The molecule has 23 heavy (non-hydrogen) atoms. The quantitative estimate of drug-likeness (QED) is 0.557. The molecule has 6 nitrogen and oxygen atoms in total. The van der Waals surface area contributed by atoms with E-state index in [1.807, 2.05) is 24.4 Å². The van der Waals surface area contributed by atoms with Gasteiger partial charge in [-0.1, -0.05) is 0 Å². The van der Waals surface area contributed by atoms with Gasteiger partial charge in [0.15, 0.2) is 11.8 Å². The third kappa shape index (κ3) is 4.17. The molecule has 0 fully saturated rings. The van der Waals surface area contributed by atoms with Crippen LogP contribution in [0.25, 0.3) is 5.82 Å². The van der Waals surface area contributed by atoms with Crippen LogP contribution in [0.1, 0.15) is 11.1 Å². The molecule has 0 saturated carbocycles. The fourth-order valence-corrected chi connectivity index (χ4v) is 2.75. The molecule has 0 saturated heterocycles. The van der Waals surface area contributed by atoms with E-state index in [1.54, 1.807) is 35.5 Å². The maximum atomic E-state index is 4.33. The molecule has 0 radical (unpaired) electrons. The first kappa shape index (κ1) is 15.2. The first-order valence-corrected chi connectivity index (χ1v) is 8.20. The normalized spacial score (nSPS) is 11.4. The molecule has 0 spiro atoms. The van der Waals surface area contributed by atoms with Crippen molar-refractivity contribution in [1.29, 1.82) is 0 Å². The summed E-state index contributed by atoms with van der Waals surface area (Å²) in [5.41, 5.74) is 2.37. The van der Waals surface area contributed by atoms with Crippen LogP contribution in [0.4, 0.5) is 0 Å². The second-order valence-corrected chi connectivity index (χ2v) is 5.66. The summed E-state index contributed by atoms with van der Waals surface area (Å²) in [6.07, 6.45) is 5.40. The van der Waals surface area contributed by atoms with Crippen molar-refractivity contribution in [3.05, 3.63) is 64.7 Å². The Morgan fingerprint density at radius 2 is 2.09 bits per heavy atom. The Labute approximate surface area is 138 Å². The van der Waals surface area contributed by atoms with E-state index in [2.05, 4.69) is 42.5 Å². The Balaban J connectivity index is 1.57. The molecule has 3 aromatic heterocycles. The highest BCUT2D eigenvalue weighted by Gasteiger charge is 2.02. The average Bonchev–Trinajstić information content (AvgIpc) is 3.29. The molecule has 0 bridgehead atoms. The smallest absolute Gasteiger partial charge is 0.191 e. The van der Waals surface area contributed by atoms with Gasteiger partial charge in [-0.05, 0) is 46.2 Å². The number of thiophene rings is 1. The van der Waals surface area contributed by atoms with Gasteiger partial charge in [-0.2, -0.15) is 16.4 Å². The van der Waals surface area contributed by atoms with Gasteiger partial charge in [0.2, 0.25) is 0 Å². The lowest BCUT2D eigenvalue weighted by molar-refractivity contribution is 0.801. The third-order valence-corrected chi connectivity index (χ3v) is 4.00. The molecular formula is C16H18N6S. The lowest BCUT2D eigenvalue weighted by Gasteiger charge is -2.12. The van der Waals surface area contributed by atoms with Gasteiger partial charge in [0, 0.05) is 38.7 Å². The highest BCUT2D eigenvalue weighted by atomic mass is 32.1. The van der Waals surface area contributed by atoms with Gasteiger partial charge < -0.3 is 10.6 Å². The van der Waals surface area contributed by atoms with E-state index in [9.17, 15) is 0 Å². The first-order chi connectivity index (χ1) is 11.3. The Bertz CT molecular complexity index is 749. The molecule has 0 aliphatic carbocycles. The van der Waals surface area contributed by atoms with Crippen LogP contribution < -0.4 is 10.6 Å². The number of hydrogen-bond acceptors (Lipinski definition) is 4. The van der Waals surface area contributed by atoms with Crippen LogP contribution in [0.5, 0.6) is 0 Å². The number of aliphatic imine (C=N–C) groups is 1. The second kappa shape index (κ2) is 7.55. The van der Waals surface area contributed by atoms with Crippen molar-refractivity contribution in [2.45, 2.75) is 13.1 Å². The van der Waals surface area contributed by atoms with Crippen molar-refractivity contribution in [2.24, 2.45) is 4.99 Å². The third-order valence-electron chi connectivity index (χ3n) is 3.27. The van der Waals surface area contributed by atoms with E-state index in [-0.39, 0.29) is 0 Å². The number of nitrogens with zero attached hydrogens (tertiary/aromatic N) is 4. The summed E-state index contributed by atoms with van der Waals surface area (Å²) in [7, 11) is 1.77. The summed E-state index contributed by atoms with van der Waals surface area (Å²) in [6.45, 7) is 1.43. The van der Waals surface area contributed by atoms with Crippen LogP contribution in [0, 0.1) is 0 Å². The number of rotatable bonds is 5. The average molecular weight is 326 g/mol. The number of guanidine groups is 1. The highest BCUT2D eigenvalue weighted by molar-refractivity contribution is 7.07. The molecule has 7 heteroatoms. The Morgan fingerprint density at radius 1 is 1.22 bits per heavy atom. The zero-order valence-corrected chi connectivity index (χ0v) is 13.6. The van der Waals surface area contributed by atoms with Crippen LogP contribution in [0.2, 0.25) is 0 Å². The van der Waals surface area contributed by atoms with Crippen molar-refractivity contribution in [2.75, 3.05) is 7.05 Å². The zero-order valence-electron chi connectivity index (χ0n) is 12.8. The maximum absolute atomic E-state index is 4.33. The van der Waals surface area contributed by atoms with Gasteiger partial charge in [0.05, 0.1) is 0 Å². The molecular weight excluding hydrogens is 308 g/mol. The zero-order chi connectivity index (χ0) is 15.9. The fraction of sp³-hybridized carbons (Fsp3) is 0.188. The summed E-state index contributed by atoms with van der Waals surface area (Å²) in [5.74, 6) is 1.57. The lowest BCUT2D eigenvalue weighted by atomic mass is 10.2. The van der Waals surface area contributed by atoms with Crippen molar-refractivity contribution < 1.29 is 0 Å². The van der Waals surface area contributed by atoms with Crippen LogP contribution in [0.3, 0.4) is 0 Å². The van der Waals surface area contributed by atoms with Crippen molar-refractivity contribution in [1.82, 2.24) is 25.4 Å². The molecule has 0 aliphatic rings. The molecule has 0 aliphatic heterocycles. The standard InChI is InChI=1S/C16H18N6S/c1-17-16(20-11-14-4-8-23-12-14)19-10-13-3-6-18-15(9-13)22-7-2-5-21-22/h2-9,12H,10-11H2,1H3,(H2,17,19,20). The Hall–Kier alpha value is -2.67. The molecule has 3 heterocycles. The largest absolute Gasteiger partial charge is 0.352 e. The Kier molecular flexibility index (Phi) is 5.00. The molecule has 3 aromatic rings. The van der Waals surface area contributed by atoms with Crippen LogP contribution in [0.15, 0.2) is 58.6 Å². The van der Waals surface area contributed by atoms with E-state index in [0.29, 0.717) is 6.54 Å². The van der Waals surface area contributed by atoms with Gasteiger partial charge >= 0.3 is 0 Å². The summed E-state index contributed by atoms with van der Waals surface area (Å²) in [4.78, 5) is 8.57. The van der Waals surface area contributed by atoms with Crippen LogP contribution in [-0.4, -0.2) is 27.8 Å². The topological polar surface area (TPSA) is 67.1 Å². The highest BCUT2D eigenvalue weighted by Crippen LogP contribution is 2.06. The van der Waals surface area contributed by atoms with Crippen LogP contribution >= 0.6 is 11.3 Å². The minimum absolute atomic E-state index is 0.667. The van der Waals surface area contributed by atoms with E-state index in [1.165, 1.54) is 5.56 Å². The van der Waals surface area contributed by atoms with E-state index in [0.717, 1.165) is 23.9 Å². The van der Waals surface area contributed by atoms with Gasteiger partial charge in [-0.25, -0.2) is 9.67 Å². The van der Waals surface area contributed by atoms with Gasteiger partial charge in [0.1, 0.15) is 0 Å². The summed E-state index contributed by atoms with van der Waals surface area (Å²) < 4.78 is 1.74. The predicted octanol–water partition coefficient (Wildman–Crippen LogP) is 2.19. The van der Waals surface area contributed by atoms with E-state index < -0.39 is 0 Å². The maximum Gasteiger partial charge on any atom is 0.191 e. The number of pyridine rings is 1. The minimum Gasteiger partial charge on any atom is -0.352 e. The van der Waals surface area contributed by atoms with Crippen molar-refractivity contribution in [3.8, 4) is 5.82 Å². The monoisotopic (exact) mass is 326 g/mol. The molecule has 2 N–H and O–H groups in total.